The fraction of sp³-hybridized carbons (Fsp3) is 0.738. The van der Waals surface area contributed by atoms with Gasteiger partial charge < -0.3 is 14.2 Å². The van der Waals surface area contributed by atoms with E-state index in [1.54, 1.807) is 0 Å². The predicted octanol–water partition coefficient (Wildman–Crippen LogP) is 19.2. The maximum atomic E-state index is 12.8. The van der Waals surface area contributed by atoms with Crippen molar-refractivity contribution in [1.82, 2.24) is 0 Å². The first-order valence-corrected chi connectivity index (χ1v) is 28.1. The van der Waals surface area contributed by atoms with E-state index >= 15 is 0 Å². The van der Waals surface area contributed by atoms with Crippen LogP contribution in [0.2, 0.25) is 0 Å². The fourth-order valence-corrected chi connectivity index (χ4v) is 7.77. The van der Waals surface area contributed by atoms with E-state index in [2.05, 4.69) is 106 Å². The SMILES string of the molecule is CC/C=C\C/C=C\C/C=C\CCCCCCCCCC(=O)OCC(COCCCCCCCCCC/C=C\CCCCCCCC)OC(=O)CCCCCCC/C=C\C/C=C\C/C=C\CC. The third-order valence-electron chi connectivity index (χ3n) is 11.9. The third kappa shape index (κ3) is 53.7. The number of rotatable bonds is 51. The van der Waals surface area contributed by atoms with E-state index < -0.39 is 6.10 Å². The van der Waals surface area contributed by atoms with E-state index in [0.717, 1.165) is 103 Å². The topological polar surface area (TPSA) is 61.8 Å². The molecule has 0 aliphatic rings. The molecular weight excluding hydrogens is 813 g/mol. The van der Waals surface area contributed by atoms with Crippen molar-refractivity contribution in [2.45, 2.75) is 271 Å². The van der Waals surface area contributed by atoms with Crippen molar-refractivity contribution in [2.24, 2.45) is 0 Å². The lowest BCUT2D eigenvalue weighted by molar-refractivity contribution is -0.163. The second kappa shape index (κ2) is 56.4. The number of ether oxygens (including phenoxy) is 3. The third-order valence-corrected chi connectivity index (χ3v) is 11.9. The van der Waals surface area contributed by atoms with E-state index in [1.165, 1.54) is 128 Å². The first-order chi connectivity index (χ1) is 32.6. The van der Waals surface area contributed by atoms with Crippen LogP contribution in [-0.2, 0) is 23.8 Å². The highest BCUT2D eigenvalue weighted by Crippen LogP contribution is 2.14. The molecule has 5 heteroatoms. The second-order valence-corrected chi connectivity index (χ2v) is 18.4. The molecule has 0 N–H and O–H groups in total. The molecule has 0 saturated heterocycles. The molecule has 0 rings (SSSR count). The van der Waals surface area contributed by atoms with Crippen molar-refractivity contribution in [3.05, 3.63) is 85.1 Å². The Morgan fingerprint density at radius 1 is 0.348 bits per heavy atom. The van der Waals surface area contributed by atoms with Gasteiger partial charge in [0.2, 0.25) is 0 Å². The van der Waals surface area contributed by atoms with Crippen molar-refractivity contribution in [2.75, 3.05) is 19.8 Å². The Morgan fingerprint density at radius 2 is 0.682 bits per heavy atom. The largest absolute Gasteiger partial charge is 0.462 e. The summed E-state index contributed by atoms with van der Waals surface area (Å²) >= 11 is 0. The monoisotopic (exact) mass is 919 g/mol. The van der Waals surface area contributed by atoms with Gasteiger partial charge in [-0.15, -0.1) is 0 Å². The summed E-state index contributed by atoms with van der Waals surface area (Å²) in [4.78, 5) is 25.5. The summed E-state index contributed by atoms with van der Waals surface area (Å²) in [5.74, 6) is -0.426. The minimum absolute atomic E-state index is 0.0692. The van der Waals surface area contributed by atoms with Crippen LogP contribution in [0, 0.1) is 0 Å². The summed E-state index contributed by atoms with van der Waals surface area (Å²) < 4.78 is 17.5. The van der Waals surface area contributed by atoms with Gasteiger partial charge >= 0.3 is 11.9 Å². The van der Waals surface area contributed by atoms with Crippen LogP contribution in [0.1, 0.15) is 265 Å². The summed E-state index contributed by atoms with van der Waals surface area (Å²) in [7, 11) is 0. The van der Waals surface area contributed by atoms with E-state index in [1.807, 2.05) is 0 Å². The quantitative estimate of drug-likeness (QED) is 0.0346. The Bertz CT molecular complexity index is 1220. The number of unbranched alkanes of at least 4 members (excludes halogenated alkanes) is 26. The Hall–Kier alpha value is -2.92. The van der Waals surface area contributed by atoms with Gasteiger partial charge in [0.05, 0.1) is 6.61 Å². The van der Waals surface area contributed by atoms with Gasteiger partial charge in [-0.3, -0.25) is 9.59 Å². The number of carbonyl (C=O) groups is 2. The fourth-order valence-electron chi connectivity index (χ4n) is 7.77. The van der Waals surface area contributed by atoms with Crippen molar-refractivity contribution in [1.29, 1.82) is 0 Å². The van der Waals surface area contributed by atoms with Gasteiger partial charge in [0.25, 0.3) is 0 Å². The molecular formula is C61H106O5. The van der Waals surface area contributed by atoms with Gasteiger partial charge in [0.1, 0.15) is 6.61 Å². The average molecular weight is 920 g/mol. The van der Waals surface area contributed by atoms with Crippen LogP contribution >= 0.6 is 0 Å². The van der Waals surface area contributed by atoms with E-state index in [-0.39, 0.29) is 25.2 Å². The molecule has 0 aromatic rings. The van der Waals surface area contributed by atoms with Gasteiger partial charge in [0, 0.05) is 19.4 Å². The molecule has 0 heterocycles. The van der Waals surface area contributed by atoms with Crippen LogP contribution in [-0.4, -0.2) is 37.9 Å². The van der Waals surface area contributed by atoms with Crippen LogP contribution in [0.5, 0.6) is 0 Å². The lowest BCUT2D eigenvalue weighted by atomic mass is 10.1. The van der Waals surface area contributed by atoms with Crippen LogP contribution in [0.3, 0.4) is 0 Å². The number of hydrogen-bond donors (Lipinski definition) is 0. The van der Waals surface area contributed by atoms with E-state index in [9.17, 15) is 9.59 Å². The van der Waals surface area contributed by atoms with Gasteiger partial charge in [-0.05, 0) is 109 Å². The lowest BCUT2D eigenvalue weighted by Gasteiger charge is -2.18. The van der Waals surface area contributed by atoms with Crippen molar-refractivity contribution < 1.29 is 23.8 Å². The second-order valence-electron chi connectivity index (χ2n) is 18.4. The Kier molecular flexibility index (Phi) is 53.9. The standard InChI is InChI=1S/C61H106O5/c1-4-7-10-13-16-19-22-25-28-30-32-35-38-41-44-47-50-53-56-64-57-59(66-61(63)55-52-49-46-43-40-37-33-27-24-21-18-15-12-9-6-3)58-65-60(62)54-51-48-45-42-39-36-34-31-29-26-23-20-17-14-11-8-5-2/h8-9,11-12,17-18,20-21,25-29,33,59H,4-7,10,13-16,19,22-24,30-32,34-58H2,1-3H3/b11-8-,12-9-,20-17-,21-18-,28-25-,29-26-,33-27-. The molecule has 1 atom stereocenters. The number of allylic oxidation sites excluding steroid dienone is 14. The van der Waals surface area contributed by atoms with Gasteiger partial charge in [-0.2, -0.15) is 0 Å². The van der Waals surface area contributed by atoms with Crippen molar-refractivity contribution >= 4 is 11.9 Å². The highest BCUT2D eigenvalue weighted by atomic mass is 16.6. The van der Waals surface area contributed by atoms with Gasteiger partial charge in [0.15, 0.2) is 6.10 Å². The summed E-state index contributed by atoms with van der Waals surface area (Å²) in [5, 5.41) is 0. The Labute approximate surface area is 409 Å². The van der Waals surface area contributed by atoms with Crippen molar-refractivity contribution in [3.8, 4) is 0 Å². The number of carbonyl (C=O) groups excluding carboxylic acids is 2. The number of hydrogen-bond acceptors (Lipinski definition) is 5. The molecule has 0 aromatic carbocycles. The lowest BCUT2D eigenvalue weighted by Crippen LogP contribution is -2.30. The normalized spacial score (nSPS) is 12.8. The molecule has 66 heavy (non-hydrogen) atoms. The maximum Gasteiger partial charge on any atom is 0.306 e. The summed E-state index contributed by atoms with van der Waals surface area (Å²) in [6.07, 6.45) is 74.6. The molecule has 380 valence electrons. The molecule has 0 amide bonds. The highest BCUT2D eigenvalue weighted by Gasteiger charge is 2.17. The first kappa shape index (κ1) is 63.1. The Balaban J connectivity index is 4.31. The zero-order chi connectivity index (χ0) is 47.7. The molecule has 0 saturated carbocycles. The van der Waals surface area contributed by atoms with E-state index in [4.69, 9.17) is 14.2 Å². The molecule has 0 spiro atoms. The highest BCUT2D eigenvalue weighted by molar-refractivity contribution is 5.70. The summed E-state index contributed by atoms with van der Waals surface area (Å²) in [6.45, 7) is 7.59. The van der Waals surface area contributed by atoms with Gasteiger partial charge in [-0.25, -0.2) is 0 Å². The zero-order valence-electron chi connectivity index (χ0n) is 43.7. The first-order valence-electron chi connectivity index (χ1n) is 28.1. The van der Waals surface area contributed by atoms with Crippen LogP contribution < -0.4 is 0 Å². The summed E-state index contributed by atoms with van der Waals surface area (Å²) in [5.41, 5.74) is 0. The summed E-state index contributed by atoms with van der Waals surface area (Å²) in [6, 6.07) is 0. The molecule has 0 aromatic heterocycles. The molecule has 0 aliphatic heterocycles. The van der Waals surface area contributed by atoms with Crippen LogP contribution in [0.25, 0.3) is 0 Å². The van der Waals surface area contributed by atoms with Crippen LogP contribution in [0.4, 0.5) is 0 Å². The molecule has 0 radical (unpaired) electrons. The van der Waals surface area contributed by atoms with E-state index in [0.29, 0.717) is 19.4 Å². The molecule has 0 aliphatic carbocycles. The predicted molar refractivity (Wildman–Crippen MR) is 288 cm³/mol. The molecule has 0 fully saturated rings. The molecule has 1 unspecified atom stereocenters. The minimum Gasteiger partial charge on any atom is -0.462 e. The minimum atomic E-state index is -0.555. The van der Waals surface area contributed by atoms with Gasteiger partial charge in [-0.1, -0.05) is 228 Å². The zero-order valence-corrected chi connectivity index (χ0v) is 43.7. The number of esters is 2. The Morgan fingerprint density at radius 3 is 1.11 bits per heavy atom. The van der Waals surface area contributed by atoms with Crippen molar-refractivity contribution in [3.63, 3.8) is 0 Å². The maximum absolute atomic E-state index is 12.8. The van der Waals surface area contributed by atoms with Crippen LogP contribution in [0.15, 0.2) is 85.1 Å². The molecule has 0 bridgehead atoms. The molecule has 5 nitrogen and oxygen atoms in total. The smallest absolute Gasteiger partial charge is 0.306 e. The average Bonchev–Trinajstić information content (AvgIpc) is 3.32.